The van der Waals surface area contributed by atoms with Gasteiger partial charge in [0.2, 0.25) is 0 Å². The summed E-state index contributed by atoms with van der Waals surface area (Å²) in [5, 5.41) is 2.18. The number of carbonyl (C=O) groups is 1. The molecule has 0 aliphatic carbocycles. The zero-order chi connectivity index (χ0) is 14.1. The second kappa shape index (κ2) is 5.06. The number of ketones is 1. The molecule has 0 bridgehead atoms. The number of fused-ring (bicyclic) bond motifs is 1. The van der Waals surface area contributed by atoms with Gasteiger partial charge in [-0.05, 0) is 29.7 Å². The standard InChI is InChI=1S/C17H10ClFO/c18-16-9-8-15(13-6-1-2-7-14(13)16)17(20)11-4-3-5-12(19)10-11/h1-10H. The number of rotatable bonds is 2. The summed E-state index contributed by atoms with van der Waals surface area (Å²) in [4.78, 5) is 12.5. The number of benzene rings is 3. The fourth-order valence-electron chi connectivity index (χ4n) is 2.25. The highest BCUT2D eigenvalue weighted by Gasteiger charge is 2.14. The molecule has 0 fully saturated rings. The van der Waals surface area contributed by atoms with Gasteiger partial charge in [-0.2, -0.15) is 0 Å². The van der Waals surface area contributed by atoms with Crippen LogP contribution in [0.15, 0.2) is 60.7 Å². The fraction of sp³-hybridized carbons (Fsp3) is 0. The van der Waals surface area contributed by atoms with Crippen molar-refractivity contribution in [3.8, 4) is 0 Å². The molecule has 0 amide bonds. The van der Waals surface area contributed by atoms with Gasteiger partial charge >= 0.3 is 0 Å². The van der Waals surface area contributed by atoms with E-state index < -0.39 is 5.82 Å². The Labute approximate surface area is 120 Å². The SMILES string of the molecule is O=C(c1cccc(F)c1)c1ccc(Cl)c2ccccc12. The Kier molecular flexibility index (Phi) is 3.25. The van der Waals surface area contributed by atoms with E-state index in [1.165, 1.54) is 18.2 Å². The average molecular weight is 285 g/mol. The molecule has 20 heavy (non-hydrogen) atoms. The molecule has 0 N–H and O–H groups in total. The predicted octanol–water partition coefficient (Wildman–Crippen LogP) is 4.86. The lowest BCUT2D eigenvalue weighted by molar-refractivity contribution is 0.104. The predicted molar refractivity (Wildman–Crippen MR) is 78.8 cm³/mol. The van der Waals surface area contributed by atoms with Gasteiger partial charge in [-0.15, -0.1) is 0 Å². The molecule has 0 spiro atoms. The van der Waals surface area contributed by atoms with Crippen molar-refractivity contribution in [3.05, 3.63) is 82.6 Å². The van der Waals surface area contributed by atoms with Crippen molar-refractivity contribution in [2.45, 2.75) is 0 Å². The van der Waals surface area contributed by atoms with Crippen LogP contribution in [0.25, 0.3) is 10.8 Å². The largest absolute Gasteiger partial charge is 0.289 e. The molecule has 0 aromatic heterocycles. The summed E-state index contributed by atoms with van der Waals surface area (Å²) in [6, 6.07) is 16.5. The summed E-state index contributed by atoms with van der Waals surface area (Å²) in [6.07, 6.45) is 0. The first-order valence-corrected chi connectivity index (χ1v) is 6.52. The van der Waals surface area contributed by atoms with Crippen molar-refractivity contribution in [2.24, 2.45) is 0 Å². The Bertz CT molecular complexity index is 811. The van der Waals surface area contributed by atoms with Gasteiger partial charge < -0.3 is 0 Å². The molecule has 0 saturated carbocycles. The molecular formula is C17H10ClFO. The van der Waals surface area contributed by atoms with Crippen LogP contribution in [0.2, 0.25) is 5.02 Å². The summed E-state index contributed by atoms with van der Waals surface area (Å²) in [6.45, 7) is 0. The van der Waals surface area contributed by atoms with Crippen molar-refractivity contribution in [1.82, 2.24) is 0 Å². The van der Waals surface area contributed by atoms with E-state index in [0.29, 0.717) is 16.1 Å². The molecule has 1 nitrogen and oxygen atoms in total. The molecule has 0 unspecified atom stereocenters. The van der Waals surface area contributed by atoms with Crippen molar-refractivity contribution in [2.75, 3.05) is 0 Å². The molecular weight excluding hydrogens is 275 g/mol. The normalized spacial score (nSPS) is 10.7. The molecule has 0 aliphatic rings. The minimum Gasteiger partial charge on any atom is -0.289 e. The van der Waals surface area contributed by atoms with E-state index in [4.69, 9.17) is 11.6 Å². The van der Waals surface area contributed by atoms with Gasteiger partial charge in [-0.25, -0.2) is 4.39 Å². The third kappa shape index (κ3) is 2.19. The first-order chi connectivity index (χ1) is 9.66. The summed E-state index contributed by atoms with van der Waals surface area (Å²) < 4.78 is 13.2. The molecule has 0 atom stereocenters. The van der Waals surface area contributed by atoms with E-state index in [1.807, 2.05) is 24.3 Å². The quantitative estimate of drug-likeness (QED) is 0.614. The Morgan fingerprint density at radius 3 is 2.40 bits per heavy atom. The van der Waals surface area contributed by atoms with Gasteiger partial charge in [0.05, 0.1) is 0 Å². The van der Waals surface area contributed by atoms with E-state index in [9.17, 15) is 9.18 Å². The summed E-state index contributed by atoms with van der Waals surface area (Å²) in [7, 11) is 0. The monoisotopic (exact) mass is 284 g/mol. The Morgan fingerprint density at radius 2 is 1.65 bits per heavy atom. The first kappa shape index (κ1) is 12.8. The lowest BCUT2D eigenvalue weighted by Gasteiger charge is -2.07. The molecule has 0 aliphatic heterocycles. The fourth-order valence-corrected chi connectivity index (χ4v) is 2.47. The maximum absolute atomic E-state index is 13.2. The molecule has 3 heteroatoms. The lowest BCUT2D eigenvalue weighted by Crippen LogP contribution is -2.02. The maximum Gasteiger partial charge on any atom is 0.193 e. The Hall–Kier alpha value is -2.19. The number of hydrogen-bond donors (Lipinski definition) is 0. The van der Waals surface area contributed by atoms with E-state index in [-0.39, 0.29) is 5.78 Å². The summed E-state index contributed by atoms with van der Waals surface area (Å²) in [5.41, 5.74) is 0.855. The molecule has 3 aromatic carbocycles. The second-order valence-corrected chi connectivity index (χ2v) is 4.89. The van der Waals surface area contributed by atoms with Crippen LogP contribution in [0.5, 0.6) is 0 Å². The topological polar surface area (TPSA) is 17.1 Å². The highest BCUT2D eigenvalue weighted by atomic mass is 35.5. The van der Waals surface area contributed by atoms with Crippen LogP contribution in [0, 0.1) is 5.82 Å². The zero-order valence-corrected chi connectivity index (χ0v) is 11.2. The van der Waals surface area contributed by atoms with Gasteiger partial charge in [0.25, 0.3) is 0 Å². The van der Waals surface area contributed by atoms with E-state index in [0.717, 1.165) is 10.8 Å². The Morgan fingerprint density at radius 1 is 0.900 bits per heavy atom. The van der Waals surface area contributed by atoms with E-state index >= 15 is 0 Å². The molecule has 3 rings (SSSR count). The van der Waals surface area contributed by atoms with Crippen molar-refractivity contribution >= 4 is 28.2 Å². The number of carbonyl (C=O) groups excluding carboxylic acids is 1. The summed E-state index contributed by atoms with van der Waals surface area (Å²) in [5.74, 6) is -0.633. The van der Waals surface area contributed by atoms with Gasteiger partial charge in [0, 0.05) is 21.5 Å². The van der Waals surface area contributed by atoms with Gasteiger partial charge in [-0.1, -0.05) is 48.0 Å². The van der Waals surface area contributed by atoms with Crippen molar-refractivity contribution in [3.63, 3.8) is 0 Å². The Balaban J connectivity index is 2.20. The minimum absolute atomic E-state index is 0.211. The molecule has 0 heterocycles. The van der Waals surface area contributed by atoms with Crippen molar-refractivity contribution in [1.29, 1.82) is 0 Å². The highest BCUT2D eigenvalue weighted by Crippen LogP contribution is 2.28. The molecule has 0 radical (unpaired) electrons. The molecule has 0 saturated heterocycles. The average Bonchev–Trinajstić information content (AvgIpc) is 2.47. The van der Waals surface area contributed by atoms with Crippen LogP contribution in [0.3, 0.4) is 0 Å². The van der Waals surface area contributed by atoms with Gasteiger partial charge in [0.1, 0.15) is 5.82 Å². The van der Waals surface area contributed by atoms with E-state index in [1.54, 1.807) is 18.2 Å². The van der Waals surface area contributed by atoms with Crippen LogP contribution in [0.1, 0.15) is 15.9 Å². The molecule has 3 aromatic rings. The lowest BCUT2D eigenvalue weighted by atomic mass is 9.97. The second-order valence-electron chi connectivity index (χ2n) is 4.48. The van der Waals surface area contributed by atoms with Crippen LogP contribution < -0.4 is 0 Å². The van der Waals surface area contributed by atoms with E-state index in [2.05, 4.69) is 0 Å². The minimum atomic E-state index is -0.422. The van der Waals surface area contributed by atoms with Crippen LogP contribution in [-0.2, 0) is 0 Å². The third-order valence-electron chi connectivity index (χ3n) is 3.20. The highest BCUT2D eigenvalue weighted by molar-refractivity contribution is 6.36. The van der Waals surface area contributed by atoms with Crippen LogP contribution in [-0.4, -0.2) is 5.78 Å². The maximum atomic E-state index is 13.2. The van der Waals surface area contributed by atoms with Gasteiger partial charge in [-0.3, -0.25) is 4.79 Å². The molecule has 98 valence electrons. The van der Waals surface area contributed by atoms with Crippen LogP contribution >= 0.6 is 11.6 Å². The third-order valence-corrected chi connectivity index (χ3v) is 3.53. The van der Waals surface area contributed by atoms with Crippen molar-refractivity contribution < 1.29 is 9.18 Å². The summed E-state index contributed by atoms with van der Waals surface area (Å²) >= 11 is 6.13. The van der Waals surface area contributed by atoms with Gasteiger partial charge in [0.15, 0.2) is 5.78 Å². The zero-order valence-electron chi connectivity index (χ0n) is 10.4. The number of hydrogen-bond acceptors (Lipinski definition) is 1. The smallest absolute Gasteiger partial charge is 0.193 e. The van der Waals surface area contributed by atoms with Crippen LogP contribution in [0.4, 0.5) is 4.39 Å². The number of halogens is 2. The first-order valence-electron chi connectivity index (χ1n) is 6.14.